The molecule has 90 valence electrons. The summed E-state index contributed by atoms with van der Waals surface area (Å²) in [5, 5.41) is 12.1. The molecule has 0 saturated carbocycles. The maximum absolute atomic E-state index is 10.2. The van der Waals surface area contributed by atoms with Crippen LogP contribution in [0.15, 0.2) is 4.52 Å². The number of rotatable bonds is 8. The molecule has 0 atom stereocenters. The Balaban J connectivity index is 2.25. The number of carboxylic acids is 1. The first kappa shape index (κ1) is 13.0. The van der Waals surface area contributed by atoms with Crippen molar-refractivity contribution in [1.82, 2.24) is 10.1 Å². The Kier molecular flexibility index (Phi) is 5.87. The normalized spacial score (nSPS) is 10.6. The minimum Gasteiger partial charge on any atom is -0.480 e. The third-order valence-electron chi connectivity index (χ3n) is 1.54. The first-order valence-corrected chi connectivity index (χ1v) is 6.06. The molecule has 7 heteroatoms. The molecule has 1 aromatic heterocycles. The van der Waals surface area contributed by atoms with Crippen LogP contribution in [0, 0.1) is 0 Å². The predicted octanol–water partition coefficient (Wildman–Crippen LogP) is 1.31. The first-order chi connectivity index (χ1) is 7.72. The summed E-state index contributed by atoms with van der Waals surface area (Å²) < 4.78 is 9.70. The smallest absolute Gasteiger partial charge is 0.329 e. The largest absolute Gasteiger partial charge is 0.480 e. The van der Waals surface area contributed by atoms with Crippen LogP contribution in [0.3, 0.4) is 0 Å². The average Bonchev–Trinajstić information content (AvgIpc) is 2.66. The quantitative estimate of drug-likeness (QED) is 0.692. The number of carboxylic acid groups (broad SMARTS) is 1. The number of thioether (sulfide) groups is 1. The molecule has 0 radical (unpaired) electrons. The SMILES string of the molecule is CCCSCc1noc(COCC(=O)O)n1. The highest BCUT2D eigenvalue weighted by Gasteiger charge is 2.07. The molecule has 0 spiro atoms. The van der Waals surface area contributed by atoms with E-state index >= 15 is 0 Å². The van der Waals surface area contributed by atoms with Gasteiger partial charge >= 0.3 is 5.97 Å². The lowest BCUT2D eigenvalue weighted by molar-refractivity contribution is -0.142. The van der Waals surface area contributed by atoms with E-state index in [0.717, 1.165) is 12.2 Å². The third kappa shape index (κ3) is 5.13. The first-order valence-electron chi connectivity index (χ1n) is 4.91. The summed E-state index contributed by atoms with van der Waals surface area (Å²) in [6, 6.07) is 0. The monoisotopic (exact) mass is 246 g/mol. The second-order valence-corrected chi connectivity index (χ2v) is 4.15. The van der Waals surface area contributed by atoms with Gasteiger partial charge < -0.3 is 14.4 Å². The molecule has 0 aromatic carbocycles. The lowest BCUT2D eigenvalue weighted by Gasteiger charge is -1.94. The van der Waals surface area contributed by atoms with Crippen molar-refractivity contribution in [1.29, 1.82) is 0 Å². The minimum absolute atomic E-state index is 0.0394. The summed E-state index contributed by atoms with van der Waals surface area (Å²) in [4.78, 5) is 14.2. The summed E-state index contributed by atoms with van der Waals surface area (Å²) in [6.45, 7) is 1.79. The highest BCUT2D eigenvalue weighted by atomic mass is 32.2. The van der Waals surface area contributed by atoms with Gasteiger partial charge in [0, 0.05) is 0 Å². The summed E-state index contributed by atoms with van der Waals surface area (Å²) in [7, 11) is 0. The van der Waals surface area contributed by atoms with E-state index in [9.17, 15) is 4.79 Å². The molecule has 16 heavy (non-hydrogen) atoms. The van der Waals surface area contributed by atoms with Gasteiger partial charge in [-0.15, -0.1) is 0 Å². The predicted molar refractivity (Wildman–Crippen MR) is 58.0 cm³/mol. The maximum Gasteiger partial charge on any atom is 0.329 e. The van der Waals surface area contributed by atoms with E-state index in [1.54, 1.807) is 11.8 Å². The van der Waals surface area contributed by atoms with Gasteiger partial charge in [0.1, 0.15) is 13.2 Å². The lowest BCUT2D eigenvalue weighted by atomic mass is 10.6. The van der Waals surface area contributed by atoms with E-state index < -0.39 is 5.97 Å². The van der Waals surface area contributed by atoms with Crippen molar-refractivity contribution < 1.29 is 19.2 Å². The van der Waals surface area contributed by atoms with Crippen molar-refractivity contribution in [2.24, 2.45) is 0 Å². The topological polar surface area (TPSA) is 85.5 Å². The van der Waals surface area contributed by atoms with Gasteiger partial charge in [-0.1, -0.05) is 12.1 Å². The zero-order chi connectivity index (χ0) is 11.8. The van der Waals surface area contributed by atoms with Crippen molar-refractivity contribution in [3.63, 3.8) is 0 Å². The Bertz CT molecular complexity index is 329. The second-order valence-electron chi connectivity index (χ2n) is 3.04. The van der Waals surface area contributed by atoms with Crippen LogP contribution >= 0.6 is 11.8 Å². The van der Waals surface area contributed by atoms with Crippen LogP contribution in [0.5, 0.6) is 0 Å². The Labute approximate surface area is 97.4 Å². The average molecular weight is 246 g/mol. The molecule has 1 N–H and O–H groups in total. The Hall–Kier alpha value is -1.08. The summed E-state index contributed by atoms with van der Waals surface area (Å²) in [6.07, 6.45) is 1.11. The van der Waals surface area contributed by atoms with Crippen LogP contribution in [0.1, 0.15) is 25.1 Å². The van der Waals surface area contributed by atoms with Gasteiger partial charge in [-0.2, -0.15) is 16.7 Å². The van der Waals surface area contributed by atoms with Crippen LogP contribution in [0.2, 0.25) is 0 Å². The molecular weight excluding hydrogens is 232 g/mol. The van der Waals surface area contributed by atoms with E-state index in [0.29, 0.717) is 17.5 Å². The molecule has 0 amide bonds. The van der Waals surface area contributed by atoms with Gasteiger partial charge in [-0.3, -0.25) is 0 Å². The summed E-state index contributed by atoms with van der Waals surface area (Å²) in [5.74, 6) is 1.68. The van der Waals surface area contributed by atoms with Gasteiger partial charge in [0.25, 0.3) is 5.89 Å². The van der Waals surface area contributed by atoms with E-state index in [4.69, 9.17) is 14.4 Å². The third-order valence-corrected chi connectivity index (χ3v) is 2.70. The van der Waals surface area contributed by atoms with Crippen molar-refractivity contribution in [3.8, 4) is 0 Å². The molecule has 1 rings (SSSR count). The highest BCUT2D eigenvalue weighted by Crippen LogP contribution is 2.10. The van der Waals surface area contributed by atoms with Gasteiger partial charge in [0.15, 0.2) is 5.82 Å². The number of nitrogens with zero attached hydrogens (tertiary/aromatic N) is 2. The van der Waals surface area contributed by atoms with Crippen LogP contribution in [-0.2, 0) is 21.9 Å². The fraction of sp³-hybridized carbons (Fsp3) is 0.667. The van der Waals surface area contributed by atoms with Gasteiger partial charge in [0.2, 0.25) is 0 Å². The van der Waals surface area contributed by atoms with Crippen molar-refractivity contribution in [2.75, 3.05) is 12.4 Å². The van der Waals surface area contributed by atoms with Crippen molar-refractivity contribution >= 4 is 17.7 Å². The second kappa shape index (κ2) is 7.24. The lowest BCUT2D eigenvalue weighted by Crippen LogP contribution is -2.06. The van der Waals surface area contributed by atoms with Gasteiger partial charge in [-0.25, -0.2) is 4.79 Å². The molecule has 0 aliphatic carbocycles. The summed E-state index contributed by atoms with van der Waals surface area (Å²) in [5.41, 5.74) is 0. The van der Waals surface area contributed by atoms with E-state index in [1.807, 2.05) is 0 Å². The Morgan fingerprint density at radius 2 is 2.44 bits per heavy atom. The van der Waals surface area contributed by atoms with Crippen molar-refractivity contribution in [2.45, 2.75) is 25.7 Å². The fourth-order valence-electron chi connectivity index (χ4n) is 0.941. The number of aliphatic carboxylic acids is 1. The molecule has 0 aliphatic heterocycles. The van der Waals surface area contributed by atoms with Crippen LogP contribution in [0.25, 0.3) is 0 Å². The summed E-state index contributed by atoms with van der Waals surface area (Å²) >= 11 is 1.73. The van der Waals surface area contributed by atoms with E-state index in [-0.39, 0.29) is 13.2 Å². The minimum atomic E-state index is -1.02. The molecule has 1 aromatic rings. The van der Waals surface area contributed by atoms with Crippen LogP contribution in [-0.4, -0.2) is 33.6 Å². The molecule has 0 bridgehead atoms. The number of aromatic nitrogens is 2. The standard InChI is InChI=1S/C9H14N2O4S/c1-2-3-16-6-7-10-8(15-11-7)4-14-5-9(12)13/h2-6H2,1H3,(H,12,13). The Morgan fingerprint density at radius 3 is 3.12 bits per heavy atom. The van der Waals surface area contributed by atoms with Crippen LogP contribution < -0.4 is 0 Å². The zero-order valence-electron chi connectivity index (χ0n) is 9.01. The van der Waals surface area contributed by atoms with Gasteiger partial charge in [0.05, 0.1) is 5.75 Å². The maximum atomic E-state index is 10.2. The molecular formula is C9H14N2O4S. The van der Waals surface area contributed by atoms with E-state index in [2.05, 4.69) is 17.1 Å². The molecule has 0 unspecified atom stereocenters. The Morgan fingerprint density at radius 1 is 1.62 bits per heavy atom. The molecule has 6 nitrogen and oxygen atoms in total. The highest BCUT2D eigenvalue weighted by molar-refractivity contribution is 7.98. The number of hydrogen-bond donors (Lipinski definition) is 1. The zero-order valence-corrected chi connectivity index (χ0v) is 9.83. The number of hydrogen-bond acceptors (Lipinski definition) is 6. The molecule has 0 aliphatic rings. The fourth-order valence-corrected chi connectivity index (χ4v) is 1.67. The van der Waals surface area contributed by atoms with Crippen LogP contribution in [0.4, 0.5) is 0 Å². The number of ether oxygens (including phenoxy) is 1. The van der Waals surface area contributed by atoms with E-state index in [1.165, 1.54) is 0 Å². The van der Waals surface area contributed by atoms with Crippen molar-refractivity contribution in [3.05, 3.63) is 11.7 Å². The molecule has 0 saturated heterocycles. The number of carbonyl (C=O) groups is 1. The molecule has 0 fully saturated rings. The molecule has 1 heterocycles. The van der Waals surface area contributed by atoms with Gasteiger partial charge in [-0.05, 0) is 12.2 Å².